The maximum absolute atomic E-state index is 12.7. The SMILES string of the molecule is COC(=O)c1ccc(C(=O)NCC2CC3c4ccccc4C2c2ccccc23)s1. The Kier molecular flexibility index (Phi) is 4.47. The van der Waals surface area contributed by atoms with Gasteiger partial charge in [0.15, 0.2) is 0 Å². The minimum Gasteiger partial charge on any atom is -0.465 e. The number of fused-ring (bicyclic) bond motifs is 1. The molecule has 0 fully saturated rings. The minimum atomic E-state index is -0.410. The van der Waals surface area contributed by atoms with Crippen LogP contribution in [0.4, 0.5) is 0 Å². The van der Waals surface area contributed by atoms with E-state index in [1.807, 2.05) is 0 Å². The number of nitrogens with one attached hydrogen (secondary N) is 1. The monoisotopic (exact) mass is 403 g/mol. The average Bonchev–Trinajstić information content (AvgIpc) is 3.27. The molecule has 0 saturated carbocycles. The van der Waals surface area contributed by atoms with Gasteiger partial charge in [0.1, 0.15) is 4.88 Å². The molecule has 3 aliphatic rings. The Morgan fingerprint density at radius 2 is 1.52 bits per heavy atom. The van der Waals surface area contributed by atoms with Crippen molar-refractivity contribution in [2.45, 2.75) is 18.3 Å². The van der Waals surface area contributed by atoms with Gasteiger partial charge in [-0.1, -0.05) is 48.5 Å². The summed E-state index contributed by atoms with van der Waals surface area (Å²) in [6.45, 7) is 0.619. The quantitative estimate of drug-likeness (QED) is 0.650. The summed E-state index contributed by atoms with van der Waals surface area (Å²) in [4.78, 5) is 25.3. The highest BCUT2D eigenvalue weighted by atomic mass is 32.1. The van der Waals surface area contributed by atoms with Crippen LogP contribution in [0.25, 0.3) is 0 Å². The second-order valence-corrected chi connectivity index (χ2v) is 8.73. The van der Waals surface area contributed by atoms with Gasteiger partial charge in [0.05, 0.1) is 12.0 Å². The molecule has 146 valence electrons. The summed E-state index contributed by atoms with van der Waals surface area (Å²) >= 11 is 1.17. The van der Waals surface area contributed by atoms with Gasteiger partial charge in [-0.3, -0.25) is 4.79 Å². The number of ether oxygens (including phenoxy) is 1. The Morgan fingerprint density at radius 3 is 2.14 bits per heavy atom. The van der Waals surface area contributed by atoms with Crippen molar-refractivity contribution in [1.29, 1.82) is 0 Å². The van der Waals surface area contributed by atoms with Gasteiger partial charge >= 0.3 is 5.97 Å². The lowest BCUT2D eigenvalue weighted by Crippen LogP contribution is -2.39. The number of esters is 1. The van der Waals surface area contributed by atoms with Crippen LogP contribution in [0.2, 0.25) is 0 Å². The average molecular weight is 404 g/mol. The van der Waals surface area contributed by atoms with Gasteiger partial charge in [0, 0.05) is 18.4 Å². The molecule has 1 amide bonds. The normalized spacial score (nSPS) is 21.2. The molecule has 5 heteroatoms. The molecule has 3 aromatic rings. The van der Waals surface area contributed by atoms with Crippen molar-refractivity contribution in [3.63, 3.8) is 0 Å². The van der Waals surface area contributed by atoms with Gasteiger partial charge in [-0.05, 0) is 46.7 Å². The Hall–Kier alpha value is -2.92. The van der Waals surface area contributed by atoms with Gasteiger partial charge < -0.3 is 10.1 Å². The number of carbonyl (C=O) groups is 2. The Bertz CT molecular complexity index is 1060. The summed E-state index contributed by atoms with van der Waals surface area (Å²) in [5.74, 6) is 0.512. The van der Waals surface area contributed by atoms with E-state index in [1.54, 1.807) is 12.1 Å². The highest BCUT2D eigenvalue weighted by Crippen LogP contribution is 2.55. The molecule has 2 bridgehead atoms. The fraction of sp³-hybridized carbons (Fsp3) is 0.250. The number of rotatable bonds is 4. The third-order valence-corrected chi connectivity index (χ3v) is 7.23. The zero-order valence-corrected chi connectivity index (χ0v) is 16.9. The van der Waals surface area contributed by atoms with E-state index < -0.39 is 5.97 Å². The lowest BCUT2D eigenvalue weighted by Gasteiger charge is -2.45. The number of hydrogen-bond donors (Lipinski definition) is 1. The van der Waals surface area contributed by atoms with E-state index in [9.17, 15) is 9.59 Å². The second-order valence-electron chi connectivity index (χ2n) is 7.65. The van der Waals surface area contributed by atoms with Crippen molar-refractivity contribution >= 4 is 23.2 Å². The molecule has 29 heavy (non-hydrogen) atoms. The van der Waals surface area contributed by atoms with Crippen LogP contribution >= 0.6 is 11.3 Å². The Morgan fingerprint density at radius 1 is 0.931 bits per heavy atom. The number of carbonyl (C=O) groups excluding carboxylic acids is 2. The van der Waals surface area contributed by atoms with Crippen molar-refractivity contribution < 1.29 is 14.3 Å². The smallest absolute Gasteiger partial charge is 0.348 e. The second kappa shape index (κ2) is 7.16. The first-order valence-electron chi connectivity index (χ1n) is 9.81. The van der Waals surface area contributed by atoms with Crippen molar-refractivity contribution in [3.05, 3.63) is 92.7 Å². The zero-order chi connectivity index (χ0) is 20.0. The molecular weight excluding hydrogens is 382 g/mol. The van der Waals surface area contributed by atoms with Crippen molar-refractivity contribution in [1.82, 2.24) is 5.32 Å². The molecule has 0 radical (unpaired) electrons. The van der Waals surface area contributed by atoms with Gasteiger partial charge in [-0.2, -0.15) is 0 Å². The number of benzene rings is 2. The van der Waals surface area contributed by atoms with Gasteiger partial charge in [-0.15, -0.1) is 11.3 Å². The van der Waals surface area contributed by atoms with Gasteiger partial charge in [0.25, 0.3) is 5.91 Å². The van der Waals surface area contributed by atoms with Crippen molar-refractivity contribution in [3.8, 4) is 0 Å². The van der Waals surface area contributed by atoms with E-state index in [-0.39, 0.29) is 5.91 Å². The molecule has 1 atom stereocenters. The maximum atomic E-state index is 12.7. The third-order valence-electron chi connectivity index (χ3n) is 6.16. The van der Waals surface area contributed by atoms with E-state index >= 15 is 0 Å². The summed E-state index contributed by atoms with van der Waals surface area (Å²) in [7, 11) is 1.34. The molecule has 4 nitrogen and oxygen atoms in total. The fourth-order valence-corrected chi connectivity index (χ4v) is 5.78. The van der Waals surface area contributed by atoms with Crippen LogP contribution in [0.1, 0.15) is 59.9 Å². The molecule has 1 unspecified atom stereocenters. The number of hydrogen-bond acceptors (Lipinski definition) is 4. The summed E-state index contributed by atoms with van der Waals surface area (Å²) < 4.78 is 4.72. The Labute approximate surface area is 173 Å². The fourth-order valence-electron chi connectivity index (χ4n) is 4.94. The lowest BCUT2D eigenvalue weighted by atomic mass is 9.59. The van der Waals surface area contributed by atoms with Crippen LogP contribution in [0, 0.1) is 5.92 Å². The number of thiophene rings is 1. The summed E-state index contributed by atoms with van der Waals surface area (Å²) in [5, 5.41) is 3.10. The highest BCUT2D eigenvalue weighted by molar-refractivity contribution is 7.15. The third kappa shape index (κ3) is 2.97. The van der Waals surface area contributed by atoms with Crippen LogP contribution in [0.15, 0.2) is 60.7 Å². The number of methoxy groups -OCH3 is 1. The molecule has 3 aliphatic carbocycles. The number of amides is 1. The lowest BCUT2D eigenvalue weighted by molar-refractivity contribution is 0.0606. The largest absolute Gasteiger partial charge is 0.465 e. The molecule has 0 saturated heterocycles. The molecule has 2 aromatic carbocycles. The maximum Gasteiger partial charge on any atom is 0.348 e. The van der Waals surface area contributed by atoms with E-state index in [2.05, 4.69) is 53.8 Å². The molecule has 6 rings (SSSR count). The summed E-state index contributed by atoms with van der Waals surface area (Å²) in [5.41, 5.74) is 5.65. The minimum absolute atomic E-state index is 0.131. The molecule has 1 N–H and O–H groups in total. The van der Waals surface area contributed by atoms with Crippen molar-refractivity contribution in [2.24, 2.45) is 5.92 Å². The topological polar surface area (TPSA) is 55.4 Å². The van der Waals surface area contributed by atoms with E-state index in [0.29, 0.717) is 34.1 Å². The predicted molar refractivity (Wildman–Crippen MR) is 113 cm³/mol. The van der Waals surface area contributed by atoms with E-state index in [1.165, 1.54) is 40.7 Å². The first kappa shape index (κ1) is 18.1. The van der Waals surface area contributed by atoms with Crippen LogP contribution in [0.3, 0.4) is 0 Å². The first-order chi connectivity index (χ1) is 14.2. The van der Waals surface area contributed by atoms with Crippen LogP contribution in [-0.2, 0) is 4.74 Å². The molecule has 0 aliphatic heterocycles. The molecule has 1 heterocycles. The van der Waals surface area contributed by atoms with Gasteiger partial charge in [0.2, 0.25) is 0 Å². The zero-order valence-electron chi connectivity index (χ0n) is 16.1. The van der Waals surface area contributed by atoms with Crippen LogP contribution in [0.5, 0.6) is 0 Å². The summed E-state index contributed by atoms with van der Waals surface area (Å²) in [6.07, 6.45) is 1.04. The standard InChI is InChI=1S/C24H21NO3S/c1-28-24(27)21-11-10-20(29-21)23(26)25-13-14-12-19-15-6-2-4-8-17(15)22(14)18-9-5-3-7-16(18)19/h2-11,14,19,22H,12-13H2,1H3,(H,25,26). The molecule has 1 aromatic heterocycles. The van der Waals surface area contributed by atoms with Crippen LogP contribution < -0.4 is 5.32 Å². The van der Waals surface area contributed by atoms with Gasteiger partial charge in [-0.25, -0.2) is 4.79 Å². The molecule has 0 spiro atoms. The predicted octanol–water partition coefficient (Wildman–Crippen LogP) is 4.56. The highest BCUT2D eigenvalue weighted by Gasteiger charge is 2.42. The Balaban J connectivity index is 1.37. The van der Waals surface area contributed by atoms with E-state index in [0.717, 1.165) is 6.42 Å². The van der Waals surface area contributed by atoms with Crippen LogP contribution in [-0.4, -0.2) is 25.5 Å². The molecular formula is C24H21NO3S. The summed E-state index contributed by atoms with van der Waals surface area (Å²) in [6, 6.07) is 20.7. The van der Waals surface area contributed by atoms with Crippen molar-refractivity contribution in [2.75, 3.05) is 13.7 Å². The first-order valence-corrected chi connectivity index (χ1v) is 10.6. The van der Waals surface area contributed by atoms with E-state index in [4.69, 9.17) is 4.74 Å².